The minimum atomic E-state index is -0.336. The maximum atomic E-state index is 11.8. The van der Waals surface area contributed by atoms with E-state index in [0.29, 0.717) is 25.0 Å². The van der Waals surface area contributed by atoms with E-state index in [0.717, 1.165) is 19.4 Å². The standard InChI is InChI=1S/C15H29NO3/c1-5-16-14(15(17)18-6-2)10-19-13-8-11(3)7-12(4)9-13/h11-14,16H,5-10H2,1-4H3. The number of ether oxygens (including phenoxy) is 2. The minimum absolute atomic E-state index is 0.207. The van der Waals surface area contributed by atoms with Crippen LogP contribution in [0.1, 0.15) is 47.0 Å². The molecular weight excluding hydrogens is 242 g/mol. The summed E-state index contributed by atoms with van der Waals surface area (Å²) < 4.78 is 11.0. The summed E-state index contributed by atoms with van der Waals surface area (Å²) in [5, 5.41) is 3.13. The Labute approximate surface area is 117 Å². The molecule has 0 aromatic rings. The molecule has 1 N–H and O–H groups in total. The molecule has 3 atom stereocenters. The van der Waals surface area contributed by atoms with E-state index in [4.69, 9.17) is 9.47 Å². The number of carbonyl (C=O) groups excluding carboxylic acids is 1. The normalized spacial score (nSPS) is 28.9. The molecule has 1 saturated carbocycles. The van der Waals surface area contributed by atoms with E-state index in [1.54, 1.807) is 0 Å². The Hall–Kier alpha value is -0.610. The van der Waals surface area contributed by atoms with Gasteiger partial charge >= 0.3 is 5.97 Å². The lowest BCUT2D eigenvalue weighted by Gasteiger charge is -2.32. The van der Waals surface area contributed by atoms with Gasteiger partial charge in [0.1, 0.15) is 6.04 Å². The fourth-order valence-corrected chi connectivity index (χ4v) is 2.94. The lowest BCUT2D eigenvalue weighted by molar-refractivity contribution is -0.148. The van der Waals surface area contributed by atoms with Crippen LogP contribution in [0.3, 0.4) is 0 Å². The molecule has 19 heavy (non-hydrogen) atoms. The number of carbonyl (C=O) groups is 1. The first-order valence-electron chi connectivity index (χ1n) is 7.58. The topological polar surface area (TPSA) is 47.6 Å². The predicted octanol–water partition coefficient (Wildman–Crippen LogP) is 2.37. The van der Waals surface area contributed by atoms with Crippen molar-refractivity contribution in [2.75, 3.05) is 19.8 Å². The number of hydrogen-bond donors (Lipinski definition) is 1. The van der Waals surface area contributed by atoms with Gasteiger partial charge in [0.25, 0.3) is 0 Å². The molecule has 0 radical (unpaired) electrons. The highest BCUT2D eigenvalue weighted by Crippen LogP contribution is 2.30. The van der Waals surface area contributed by atoms with Crippen LogP contribution in [0.4, 0.5) is 0 Å². The summed E-state index contributed by atoms with van der Waals surface area (Å²) in [7, 11) is 0. The maximum Gasteiger partial charge on any atom is 0.325 e. The fourth-order valence-electron chi connectivity index (χ4n) is 2.94. The Morgan fingerprint density at radius 2 is 1.84 bits per heavy atom. The van der Waals surface area contributed by atoms with E-state index < -0.39 is 0 Å². The van der Waals surface area contributed by atoms with Gasteiger partial charge in [-0.3, -0.25) is 4.79 Å². The number of likely N-dealkylation sites (N-methyl/N-ethyl adjacent to an activating group) is 1. The molecule has 0 heterocycles. The highest BCUT2D eigenvalue weighted by molar-refractivity contribution is 5.75. The van der Waals surface area contributed by atoms with E-state index in [-0.39, 0.29) is 18.1 Å². The van der Waals surface area contributed by atoms with Crippen molar-refractivity contribution in [1.29, 1.82) is 0 Å². The van der Waals surface area contributed by atoms with Gasteiger partial charge in [0.2, 0.25) is 0 Å². The highest BCUT2D eigenvalue weighted by atomic mass is 16.5. The van der Waals surface area contributed by atoms with E-state index >= 15 is 0 Å². The van der Waals surface area contributed by atoms with Crippen LogP contribution in [-0.2, 0) is 14.3 Å². The molecule has 3 unspecified atom stereocenters. The molecule has 112 valence electrons. The molecule has 1 fully saturated rings. The van der Waals surface area contributed by atoms with Crippen molar-refractivity contribution >= 4 is 5.97 Å². The van der Waals surface area contributed by atoms with E-state index in [1.807, 2.05) is 13.8 Å². The van der Waals surface area contributed by atoms with Gasteiger partial charge in [0.05, 0.1) is 19.3 Å². The molecule has 0 bridgehead atoms. The Morgan fingerprint density at radius 1 is 1.21 bits per heavy atom. The second-order valence-corrected chi connectivity index (χ2v) is 5.74. The van der Waals surface area contributed by atoms with Crippen molar-refractivity contribution in [1.82, 2.24) is 5.32 Å². The molecule has 0 amide bonds. The second kappa shape index (κ2) is 8.54. The monoisotopic (exact) mass is 271 g/mol. The number of hydrogen-bond acceptors (Lipinski definition) is 4. The van der Waals surface area contributed by atoms with Crippen LogP contribution in [-0.4, -0.2) is 37.9 Å². The fraction of sp³-hybridized carbons (Fsp3) is 0.933. The Balaban J connectivity index is 2.40. The van der Waals surface area contributed by atoms with Crippen molar-refractivity contribution in [3.63, 3.8) is 0 Å². The average Bonchev–Trinajstić information content (AvgIpc) is 2.33. The smallest absolute Gasteiger partial charge is 0.325 e. The third-order valence-electron chi connectivity index (χ3n) is 3.66. The SMILES string of the molecule is CCNC(COC1CC(C)CC(C)C1)C(=O)OCC. The van der Waals surface area contributed by atoms with Gasteiger partial charge in [-0.25, -0.2) is 0 Å². The van der Waals surface area contributed by atoms with Gasteiger partial charge in [-0.05, 0) is 44.6 Å². The Kier molecular flexibility index (Phi) is 7.39. The summed E-state index contributed by atoms with van der Waals surface area (Å²) in [5.41, 5.74) is 0. The van der Waals surface area contributed by atoms with Gasteiger partial charge < -0.3 is 14.8 Å². The van der Waals surface area contributed by atoms with Crippen LogP contribution >= 0.6 is 0 Å². The molecule has 4 nitrogen and oxygen atoms in total. The summed E-state index contributed by atoms with van der Waals surface area (Å²) in [4.78, 5) is 11.8. The highest BCUT2D eigenvalue weighted by Gasteiger charge is 2.26. The summed E-state index contributed by atoms with van der Waals surface area (Å²) in [5.74, 6) is 1.23. The molecule has 0 aliphatic heterocycles. The Morgan fingerprint density at radius 3 is 2.37 bits per heavy atom. The van der Waals surface area contributed by atoms with Crippen molar-refractivity contribution < 1.29 is 14.3 Å². The summed E-state index contributed by atoms with van der Waals surface area (Å²) in [6.45, 7) is 9.93. The lowest BCUT2D eigenvalue weighted by atomic mass is 9.82. The molecule has 1 aliphatic rings. The maximum absolute atomic E-state index is 11.8. The zero-order valence-electron chi connectivity index (χ0n) is 12.8. The first-order valence-corrected chi connectivity index (χ1v) is 7.58. The molecule has 0 aromatic heterocycles. The minimum Gasteiger partial charge on any atom is -0.465 e. The van der Waals surface area contributed by atoms with Gasteiger partial charge in [-0.2, -0.15) is 0 Å². The van der Waals surface area contributed by atoms with Crippen LogP contribution < -0.4 is 5.32 Å². The molecule has 4 heteroatoms. The van der Waals surface area contributed by atoms with Crippen molar-refractivity contribution in [2.24, 2.45) is 11.8 Å². The summed E-state index contributed by atoms with van der Waals surface area (Å²) in [6.07, 6.45) is 3.78. The van der Waals surface area contributed by atoms with Crippen LogP contribution in [0, 0.1) is 11.8 Å². The quantitative estimate of drug-likeness (QED) is 0.722. The number of nitrogens with one attached hydrogen (secondary N) is 1. The summed E-state index contributed by atoms with van der Waals surface area (Å²) in [6, 6.07) is -0.336. The predicted molar refractivity (Wildman–Crippen MR) is 76.0 cm³/mol. The van der Waals surface area contributed by atoms with Crippen LogP contribution in [0.15, 0.2) is 0 Å². The molecule has 0 spiro atoms. The third kappa shape index (κ3) is 5.91. The number of rotatable bonds is 7. The molecular formula is C15H29NO3. The van der Waals surface area contributed by atoms with E-state index in [2.05, 4.69) is 19.2 Å². The van der Waals surface area contributed by atoms with Crippen LogP contribution in [0.25, 0.3) is 0 Å². The van der Waals surface area contributed by atoms with Gasteiger partial charge in [0, 0.05) is 0 Å². The van der Waals surface area contributed by atoms with Gasteiger partial charge in [-0.1, -0.05) is 20.8 Å². The molecule has 1 rings (SSSR count). The first kappa shape index (κ1) is 16.4. The zero-order chi connectivity index (χ0) is 14.3. The van der Waals surface area contributed by atoms with Crippen molar-refractivity contribution in [2.45, 2.75) is 59.1 Å². The van der Waals surface area contributed by atoms with Crippen LogP contribution in [0.5, 0.6) is 0 Å². The largest absolute Gasteiger partial charge is 0.465 e. The van der Waals surface area contributed by atoms with Crippen LogP contribution in [0.2, 0.25) is 0 Å². The van der Waals surface area contributed by atoms with Crippen molar-refractivity contribution in [3.05, 3.63) is 0 Å². The van der Waals surface area contributed by atoms with Gasteiger partial charge in [-0.15, -0.1) is 0 Å². The van der Waals surface area contributed by atoms with Crippen molar-refractivity contribution in [3.8, 4) is 0 Å². The summed E-state index contributed by atoms with van der Waals surface area (Å²) >= 11 is 0. The Bertz CT molecular complexity index is 260. The second-order valence-electron chi connectivity index (χ2n) is 5.74. The first-order chi connectivity index (χ1) is 9.06. The van der Waals surface area contributed by atoms with E-state index in [1.165, 1.54) is 6.42 Å². The third-order valence-corrected chi connectivity index (χ3v) is 3.66. The molecule has 0 saturated heterocycles. The number of esters is 1. The average molecular weight is 271 g/mol. The molecule has 0 aromatic carbocycles. The van der Waals surface area contributed by atoms with E-state index in [9.17, 15) is 4.79 Å². The zero-order valence-corrected chi connectivity index (χ0v) is 12.8. The van der Waals surface area contributed by atoms with Gasteiger partial charge in [0.15, 0.2) is 0 Å². The lowest BCUT2D eigenvalue weighted by Crippen LogP contribution is -2.43. The molecule has 1 aliphatic carbocycles.